The highest BCUT2D eigenvalue weighted by molar-refractivity contribution is 5.67. The molecule has 1 heterocycles. The number of methoxy groups -OCH3 is 1. The van der Waals surface area contributed by atoms with Crippen LogP contribution in [0.4, 0.5) is 0 Å². The van der Waals surface area contributed by atoms with Gasteiger partial charge < -0.3 is 14.6 Å². The van der Waals surface area contributed by atoms with Gasteiger partial charge in [0.25, 0.3) is 0 Å². The van der Waals surface area contributed by atoms with Crippen molar-refractivity contribution in [3.8, 4) is 5.75 Å². The van der Waals surface area contributed by atoms with E-state index in [1.54, 1.807) is 7.11 Å². The summed E-state index contributed by atoms with van der Waals surface area (Å²) in [6.45, 7) is 2.90. The first-order chi connectivity index (χ1) is 9.17. The topological polar surface area (TPSA) is 59.0 Å². The van der Waals surface area contributed by atoms with E-state index < -0.39 is 5.97 Å². The van der Waals surface area contributed by atoms with E-state index in [4.69, 9.17) is 14.6 Å². The van der Waals surface area contributed by atoms with Crippen LogP contribution in [0.15, 0.2) is 24.3 Å². The van der Waals surface area contributed by atoms with E-state index >= 15 is 0 Å². The molecule has 1 aliphatic heterocycles. The van der Waals surface area contributed by atoms with Crippen LogP contribution in [-0.2, 0) is 16.1 Å². The van der Waals surface area contributed by atoms with Crippen molar-refractivity contribution in [1.82, 2.24) is 4.90 Å². The molecule has 19 heavy (non-hydrogen) atoms. The summed E-state index contributed by atoms with van der Waals surface area (Å²) in [5.74, 6) is 0.0331. The zero-order valence-electron chi connectivity index (χ0n) is 11.0. The van der Waals surface area contributed by atoms with Crippen molar-refractivity contribution >= 4 is 5.97 Å². The van der Waals surface area contributed by atoms with E-state index in [0.29, 0.717) is 13.2 Å². The average molecular weight is 265 g/mol. The number of rotatable bonds is 5. The summed E-state index contributed by atoms with van der Waals surface area (Å²) in [4.78, 5) is 12.9. The van der Waals surface area contributed by atoms with E-state index in [9.17, 15) is 4.79 Å². The average Bonchev–Trinajstić information content (AvgIpc) is 2.39. The first kappa shape index (κ1) is 13.8. The van der Waals surface area contributed by atoms with Crippen molar-refractivity contribution in [2.45, 2.75) is 19.1 Å². The SMILES string of the molecule is COc1ccc(CN2CCOC(CC(=O)O)C2)cc1. The Hall–Kier alpha value is -1.59. The Morgan fingerprint density at radius 1 is 1.47 bits per heavy atom. The van der Waals surface area contributed by atoms with Crippen LogP contribution in [0.5, 0.6) is 5.75 Å². The summed E-state index contributed by atoms with van der Waals surface area (Å²) in [6, 6.07) is 7.93. The molecule has 1 fully saturated rings. The minimum atomic E-state index is -0.809. The van der Waals surface area contributed by atoms with Crippen LogP contribution in [0.1, 0.15) is 12.0 Å². The van der Waals surface area contributed by atoms with Crippen molar-refractivity contribution in [3.63, 3.8) is 0 Å². The Kier molecular flexibility index (Phi) is 4.76. The lowest BCUT2D eigenvalue weighted by atomic mass is 10.1. The predicted molar refractivity (Wildman–Crippen MR) is 70.3 cm³/mol. The highest BCUT2D eigenvalue weighted by atomic mass is 16.5. The molecule has 1 aliphatic rings. The Bertz CT molecular complexity index is 418. The molecule has 1 unspecified atom stereocenters. The van der Waals surface area contributed by atoms with Gasteiger partial charge in [-0.3, -0.25) is 9.69 Å². The van der Waals surface area contributed by atoms with Gasteiger partial charge in [-0.15, -0.1) is 0 Å². The lowest BCUT2D eigenvalue weighted by Crippen LogP contribution is -2.42. The highest BCUT2D eigenvalue weighted by Crippen LogP contribution is 2.15. The number of carbonyl (C=O) groups is 1. The first-order valence-corrected chi connectivity index (χ1v) is 6.36. The molecule has 0 amide bonds. The van der Waals surface area contributed by atoms with E-state index in [0.717, 1.165) is 18.8 Å². The highest BCUT2D eigenvalue weighted by Gasteiger charge is 2.22. The Labute approximate surface area is 112 Å². The maximum atomic E-state index is 10.7. The van der Waals surface area contributed by atoms with Gasteiger partial charge in [-0.25, -0.2) is 0 Å². The van der Waals surface area contributed by atoms with E-state index in [1.165, 1.54) is 5.56 Å². The van der Waals surface area contributed by atoms with Gasteiger partial charge in [0.1, 0.15) is 5.75 Å². The molecule has 1 aromatic rings. The molecule has 104 valence electrons. The molecule has 0 spiro atoms. The largest absolute Gasteiger partial charge is 0.497 e. The second-order valence-electron chi connectivity index (χ2n) is 4.67. The first-order valence-electron chi connectivity index (χ1n) is 6.36. The maximum absolute atomic E-state index is 10.7. The lowest BCUT2D eigenvalue weighted by molar-refractivity contribution is -0.142. The van der Waals surface area contributed by atoms with Crippen molar-refractivity contribution in [2.75, 3.05) is 26.8 Å². The number of ether oxygens (including phenoxy) is 2. The molecule has 0 radical (unpaired) electrons. The number of carboxylic acids is 1. The smallest absolute Gasteiger partial charge is 0.306 e. The van der Waals surface area contributed by atoms with Gasteiger partial charge in [0.2, 0.25) is 0 Å². The van der Waals surface area contributed by atoms with Crippen LogP contribution in [-0.4, -0.2) is 48.9 Å². The molecule has 1 N–H and O–H groups in total. The van der Waals surface area contributed by atoms with Crippen LogP contribution >= 0.6 is 0 Å². The minimum absolute atomic E-state index is 0.0686. The number of hydrogen-bond donors (Lipinski definition) is 1. The molecule has 1 aromatic carbocycles. The molecular weight excluding hydrogens is 246 g/mol. The normalized spacial score (nSPS) is 20.2. The molecule has 2 rings (SSSR count). The van der Waals surface area contributed by atoms with Gasteiger partial charge in [0.05, 0.1) is 26.2 Å². The number of hydrogen-bond acceptors (Lipinski definition) is 4. The fourth-order valence-corrected chi connectivity index (χ4v) is 2.23. The van der Waals surface area contributed by atoms with Crippen LogP contribution < -0.4 is 4.74 Å². The van der Waals surface area contributed by atoms with E-state index in [1.807, 2.05) is 24.3 Å². The molecule has 0 saturated carbocycles. The fraction of sp³-hybridized carbons (Fsp3) is 0.500. The maximum Gasteiger partial charge on any atom is 0.306 e. The number of morpholine rings is 1. The molecule has 5 nitrogen and oxygen atoms in total. The summed E-state index contributed by atoms with van der Waals surface area (Å²) in [6.07, 6.45) is -0.136. The van der Waals surface area contributed by atoms with Crippen LogP contribution in [0, 0.1) is 0 Å². The van der Waals surface area contributed by atoms with Crippen LogP contribution in [0.2, 0.25) is 0 Å². The van der Waals surface area contributed by atoms with Crippen LogP contribution in [0.25, 0.3) is 0 Å². The molecule has 1 saturated heterocycles. The monoisotopic (exact) mass is 265 g/mol. The molecule has 0 aliphatic carbocycles. The minimum Gasteiger partial charge on any atom is -0.497 e. The number of aliphatic carboxylic acids is 1. The Morgan fingerprint density at radius 3 is 2.84 bits per heavy atom. The third-order valence-electron chi connectivity index (χ3n) is 3.19. The second kappa shape index (κ2) is 6.54. The van der Waals surface area contributed by atoms with Gasteiger partial charge in [-0.1, -0.05) is 12.1 Å². The number of benzene rings is 1. The summed E-state index contributed by atoms with van der Waals surface area (Å²) in [7, 11) is 1.65. The summed E-state index contributed by atoms with van der Waals surface area (Å²) < 4.78 is 10.6. The number of nitrogens with zero attached hydrogens (tertiary/aromatic N) is 1. The van der Waals surface area contributed by atoms with Gasteiger partial charge in [0, 0.05) is 19.6 Å². The predicted octanol–water partition coefficient (Wildman–Crippen LogP) is 1.37. The van der Waals surface area contributed by atoms with E-state index in [2.05, 4.69) is 4.90 Å². The third-order valence-corrected chi connectivity index (χ3v) is 3.19. The molecule has 0 aromatic heterocycles. The molecule has 5 heteroatoms. The van der Waals surface area contributed by atoms with Crippen molar-refractivity contribution in [3.05, 3.63) is 29.8 Å². The lowest BCUT2D eigenvalue weighted by Gasteiger charge is -2.32. The zero-order valence-corrected chi connectivity index (χ0v) is 11.0. The standard InChI is InChI=1S/C14H19NO4/c1-18-12-4-2-11(3-5-12)9-15-6-7-19-13(10-15)8-14(16)17/h2-5,13H,6-10H2,1H3,(H,16,17). The number of carboxylic acid groups (broad SMARTS) is 1. The van der Waals surface area contributed by atoms with E-state index in [-0.39, 0.29) is 12.5 Å². The second-order valence-corrected chi connectivity index (χ2v) is 4.67. The van der Waals surface area contributed by atoms with Crippen molar-refractivity contribution < 1.29 is 19.4 Å². The Morgan fingerprint density at radius 2 is 2.21 bits per heavy atom. The van der Waals surface area contributed by atoms with Crippen molar-refractivity contribution in [2.24, 2.45) is 0 Å². The van der Waals surface area contributed by atoms with Gasteiger partial charge in [0.15, 0.2) is 0 Å². The summed E-state index contributed by atoms with van der Waals surface area (Å²) >= 11 is 0. The molecule has 1 atom stereocenters. The summed E-state index contributed by atoms with van der Waals surface area (Å²) in [5, 5.41) is 8.79. The summed E-state index contributed by atoms with van der Waals surface area (Å²) in [5.41, 5.74) is 1.19. The van der Waals surface area contributed by atoms with Gasteiger partial charge >= 0.3 is 5.97 Å². The molecular formula is C14H19NO4. The Balaban J connectivity index is 1.88. The molecule has 0 bridgehead atoms. The third kappa shape index (κ3) is 4.22. The van der Waals surface area contributed by atoms with Gasteiger partial charge in [-0.05, 0) is 17.7 Å². The van der Waals surface area contributed by atoms with Crippen molar-refractivity contribution in [1.29, 1.82) is 0 Å². The zero-order chi connectivity index (χ0) is 13.7. The van der Waals surface area contributed by atoms with Gasteiger partial charge in [-0.2, -0.15) is 0 Å². The fourth-order valence-electron chi connectivity index (χ4n) is 2.23. The van der Waals surface area contributed by atoms with Crippen LogP contribution in [0.3, 0.4) is 0 Å². The quantitative estimate of drug-likeness (QED) is 0.871.